The number of carbonyl (C=O) groups excluding carboxylic acids is 2. The van der Waals surface area contributed by atoms with Gasteiger partial charge in [-0.05, 0) is 23.1 Å². The molecule has 2 amide bonds. The third-order valence-corrected chi connectivity index (χ3v) is 4.21. The van der Waals surface area contributed by atoms with Gasteiger partial charge in [-0.2, -0.15) is 0 Å². The highest BCUT2D eigenvalue weighted by molar-refractivity contribution is 5.99. The number of rotatable bonds is 5. The summed E-state index contributed by atoms with van der Waals surface area (Å²) in [6.07, 6.45) is 0.229. The second-order valence-corrected chi connectivity index (χ2v) is 6.15. The Morgan fingerprint density at radius 3 is 2.45 bits per heavy atom. The number of carbonyl (C=O) groups is 3. The van der Waals surface area contributed by atoms with Gasteiger partial charge in [-0.1, -0.05) is 26.0 Å². The Balaban J connectivity index is 2.05. The highest BCUT2D eigenvalue weighted by atomic mass is 16.4. The van der Waals surface area contributed by atoms with E-state index in [0.717, 1.165) is 5.56 Å². The van der Waals surface area contributed by atoms with Crippen molar-refractivity contribution in [2.45, 2.75) is 20.3 Å². The number of hydrogen-bond acceptors (Lipinski definition) is 3. The number of carboxylic acid groups (broad SMARTS) is 1. The zero-order valence-corrected chi connectivity index (χ0v) is 12.8. The van der Waals surface area contributed by atoms with Crippen molar-refractivity contribution in [2.75, 3.05) is 12.4 Å². The van der Waals surface area contributed by atoms with E-state index in [9.17, 15) is 14.4 Å². The Bertz CT molecular complexity index is 624. The van der Waals surface area contributed by atoms with Crippen LogP contribution in [0.3, 0.4) is 0 Å². The van der Waals surface area contributed by atoms with Gasteiger partial charge in [0.25, 0.3) is 0 Å². The Morgan fingerprint density at radius 1 is 1.23 bits per heavy atom. The summed E-state index contributed by atoms with van der Waals surface area (Å²) in [6, 6.07) is 6.99. The molecule has 0 spiro atoms. The van der Waals surface area contributed by atoms with Crippen LogP contribution in [0.5, 0.6) is 0 Å². The maximum atomic E-state index is 12.2. The molecule has 2 rings (SSSR count). The Morgan fingerprint density at radius 2 is 1.91 bits per heavy atom. The average Bonchev–Trinajstić information content (AvgIpc) is 3.02. The predicted molar refractivity (Wildman–Crippen MR) is 81.2 cm³/mol. The molecule has 1 aromatic rings. The van der Waals surface area contributed by atoms with Crippen molar-refractivity contribution in [3.8, 4) is 0 Å². The van der Waals surface area contributed by atoms with E-state index in [1.807, 2.05) is 0 Å². The van der Waals surface area contributed by atoms with Crippen molar-refractivity contribution >= 4 is 23.5 Å². The summed E-state index contributed by atoms with van der Waals surface area (Å²) in [6.45, 7) is 3.55. The summed E-state index contributed by atoms with van der Waals surface area (Å²) in [5.74, 6) is -2.54. The van der Waals surface area contributed by atoms with Gasteiger partial charge in [0.05, 0.1) is 18.3 Å². The van der Waals surface area contributed by atoms with Gasteiger partial charge in [-0.3, -0.25) is 14.4 Å². The van der Waals surface area contributed by atoms with E-state index in [-0.39, 0.29) is 18.2 Å². The van der Waals surface area contributed by atoms with Gasteiger partial charge in [0, 0.05) is 12.7 Å². The molecule has 1 aliphatic rings. The van der Waals surface area contributed by atoms with Gasteiger partial charge in [0.15, 0.2) is 0 Å². The number of nitrogens with one attached hydrogen (secondary N) is 2. The summed E-state index contributed by atoms with van der Waals surface area (Å²) in [5.41, 5.74) is 0.815. The van der Waals surface area contributed by atoms with Gasteiger partial charge in [0.2, 0.25) is 11.8 Å². The zero-order chi connectivity index (χ0) is 16.5. The predicted octanol–water partition coefficient (Wildman–Crippen LogP) is 1.27. The molecule has 6 nitrogen and oxygen atoms in total. The molecule has 3 N–H and O–H groups in total. The maximum Gasteiger partial charge on any atom is 0.307 e. The molecule has 0 radical (unpaired) electrons. The highest BCUT2D eigenvalue weighted by Gasteiger charge is 2.65. The molecule has 1 saturated carbocycles. The molecule has 0 aromatic heterocycles. The van der Waals surface area contributed by atoms with Crippen LogP contribution >= 0.6 is 0 Å². The quantitative estimate of drug-likeness (QED) is 0.763. The van der Waals surface area contributed by atoms with Crippen LogP contribution in [-0.4, -0.2) is 29.9 Å². The minimum Gasteiger partial charge on any atom is -0.481 e. The molecule has 22 heavy (non-hydrogen) atoms. The van der Waals surface area contributed by atoms with E-state index < -0.39 is 23.2 Å². The van der Waals surface area contributed by atoms with Crippen molar-refractivity contribution in [3.63, 3.8) is 0 Å². The summed E-state index contributed by atoms with van der Waals surface area (Å²) in [5, 5.41) is 14.4. The number of likely N-dealkylation sites (N-methyl/N-ethyl adjacent to an activating group) is 1. The topological polar surface area (TPSA) is 95.5 Å². The first-order valence-electron chi connectivity index (χ1n) is 7.10. The second-order valence-electron chi connectivity index (χ2n) is 6.15. The molecule has 2 unspecified atom stereocenters. The lowest BCUT2D eigenvalue weighted by atomic mass is 10.1. The van der Waals surface area contributed by atoms with Crippen LogP contribution in [0, 0.1) is 17.3 Å². The second kappa shape index (κ2) is 5.79. The van der Waals surface area contributed by atoms with Gasteiger partial charge in [-0.15, -0.1) is 0 Å². The van der Waals surface area contributed by atoms with Crippen LogP contribution in [-0.2, 0) is 20.8 Å². The van der Waals surface area contributed by atoms with Crippen molar-refractivity contribution in [2.24, 2.45) is 17.3 Å². The van der Waals surface area contributed by atoms with Crippen LogP contribution in [0.15, 0.2) is 24.3 Å². The van der Waals surface area contributed by atoms with E-state index in [2.05, 4.69) is 10.6 Å². The highest BCUT2D eigenvalue weighted by Crippen LogP contribution is 2.58. The number of hydrogen-bond donors (Lipinski definition) is 3. The van der Waals surface area contributed by atoms with Crippen LogP contribution in [0.2, 0.25) is 0 Å². The van der Waals surface area contributed by atoms with Crippen molar-refractivity contribution < 1.29 is 19.5 Å². The van der Waals surface area contributed by atoms with Gasteiger partial charge in [-0.25, -0.2) is 0 Å². The van der Waals surface area contributed by atoms with E-state index in [0.29, 0.717) is 5.69 Å². The lowest BCUT2D eigenvalue weighted by Gasteiger charge is -2.08. The number of aliphatic carboxylic acids is 1. The smallest absolute Gasteiger partial charge is 0.307 e. The monoisotopic (exact) mass is 304 g/mol. The third kappa shape index (κ3) is 3.10. The Hall–Kier alpha value is -2.37. The number of anilines is 1. The van der Waals surface area contributed by atoms with Gasteiger partial charge < -0.3 is 15.7 Å². The van der Waals surface area contributed by atoms with Gasteiger partial charge in [0.1, 0.15) is 0 Å². The molecule has 2 atom stereocenters. The number of carboxylic acids is 1. The van der Waals surface area contributed by atoms with E-state index >= 15 is 0 Å². The fourth-order valence-corrected chi connectivity index (χ4v) is 2.84. The fraction of sp³-hybridized carbons (Fsp3) is 0.438. The molecule has 1 fully saturated rings. The molecule has 118 valence electrons. The molecular weight excluding hydrogens is 284 g/mol. The zero-order valence-electron chi connectivity index (χ0n) is 12.8. The lowest BCUT2D eigenvalue weighted by molar-refractivity contribution is -0.140. The Labute approximate surface area is 128 Å². The van der Waals surface area contributed by atoms with Crippen LogP contribution < -0.4 is 10.6 Å². The molecule has 1 aromatic carbocycles. The molecular formula is C16H20N2O4. The SMILES string of the molecule is CNC(=O)Cc1cccc(NC(=O)C2C(C(=O)O)C2(C)C)c1. The minimum absolute atomic E-state index is 0.113. The molecule has 6 heteroatoms. The maximum absolute atomic E-state index is 12.2. The minimum atomic E-state index is -0.946. The van der Waals surface area contributed by atoms with Crippen LogP contribution in [0.25, 0.3) is 0 Å². The summed E-state index contributed by atoms with van der Waals surface area (Å²) in [4.78, 5) is 34.7. The number of amides is 2. The first-order chi connectivity index (χ1) is 10.3. The lowest BCUT2D eigenvalue weighted by Crippen LogP contribution is -2.20. The van der Waals surface area contributed by atoms with E-state index in [4.69, 9.17) is 5.11 Å². The van der Waals surface area contributed by atoms with Crippen molar-refractivity contribution in [1.29, 1.82) is 0 Å². The van der Waals surface area contributed by atoms with E-state index in [1.165, 1.54) is 0 Å². The van der Waals surface area contributed by atoms with Crippen LogP contribution in [0.1, 0.15) is 19.4 Å². The van der Waals surface area contributed by atoms with Crippen LogP contribution in [0.4, 0.5) is 5.69 Å². The molecule has 0 bridgehead atoms. The Kier molecular flexibility index (Phi) is 4.21. The van der Waals surface area contributed by atoms with Gasteiger partial charge >= 0.3 is 5.97 Å². The first kappa shape index (κ1) is 16.0. The average molecular weight is 304 g/mol. The molecule has 0 aliphatic heterocycles. The molecule has 0 heterocycles. The molecule has 0 saturated heterocycles. The van der Waals surface area contributed by atoms with Crippen molar-refractivity contribution in [3.05, 3.63) is 29.8 Å². The summed E-state index contributed by atoms with van der Waals surface area (Å²) < 4.78 is 0. The normalized spacial score (nSPS) is 21.8. The number of benzene rings is 1. The molecule has 1 aliphatic carbocycles. The standard InChI is InChI=1S/C16H20N2O4/c1-16(2)12(13(16)15(21)22)14(20)18-10-6-4-5-9(7-10)8-11(19)17-3/h4-7,12-13H,8H2,1-3H3,(H,17,19)(H,18,20)(H,21,22). The summed E-state index contributed by atoms with van der Waals surface area (Å²) >= 11 is 0. The van der Waals surface area contributed by atoms with E-state index in [1.54, 1.807) is 45.2 Å². The summed E-state index contributed by atoms with van der Waals surface area (Å²) in [7, 11) is 1.56. The largest absolute Gasteiger partial charge is 0.481 e. The fourth-order valence-electron chi connectivity index (χ4n) is 2.84. The third-order valence-electron chi connectivity index (χ3n) is 4.21. The van der Waals surface area contributed by atoms with Crippen molar-refractivity contribution in [1.82, 2.24) is 5.32 Å². The first-order valence-corrected chi connectivity index (χ1v) is 7.10.